The van der Waals surface area contributed by atoms with Gasteiger partial charge in [-0.25, -0.2) is 9.37 Å². The van der Waals surface area contributed by atoms with E-state index in [1.807, 2.05) is 24.3 Å². The van der Waals surface area contributed by atoms with Gasteiger partial charge in [0.25, 0.3) is 0 Å². The van der Waals surface area contributed by atoms with E-state index in [1.165, 1.54) is 12.1 Å². The minimum atomic E-state index is -0.516. The Bertz CT molecular complexity index is 1100. The van der Waals surface area contributed by atoms with Gasteiger partial charge >= 0.3 is 0 Å². The Kier molecular flexibility index (Phi) is 6.11. The molecule has 0 spiro atoms. The molecular weight excluding hydrogens is 385 g/mol. The van der Waals surface area contributed by atoms with Crippen LogP contribution in [0.25, 0.3) is 22.6 Å². The van der Waals surface area contributed by atoms with Crippen LogP contribution in [0, 0.1) is 0 Å². The van der Waals surface area contributed by atoms with Crippen LogP contribution in [0.4, 0.5) is 4.39 Å². The maximum Gasteiger partial charge on any atom is 0.182 e. The van der Waals surface area contributed by atoms with Gasteiger partial charge in [-0.2, -0.15) is 0 Å². The molecule has 144 valence electrons. The first-order chi connectivity index (χ1) is 13.2. The lowest BCUT2D eigenvalue weighted by Crippen LogP contribution is -2.00. The summed E-state index contributed by atoms with van der Waals surface area (Å²) in [5.74, 6) is 1.69. The number of benzene rings is 3. The standard InChI is InChI=1S/C21H16FNO4.ClH/c22-9-10-25-16-4-1-14(2-5-16)13-26-17-6-8-19-21(12-17)27-20-11-15(24)3-7-18(20)23-19;/h1-8,11-12H,9-10,13H2;1H. The summed E-state index contributed by atoms with van der Waals surface area (Å²) in [5, 5.41) is 0. The summed E-state index contributed by atoms with van der Waals surface area (Å²) < 4.78 is 28.9. The molecule has 7 heteroatoms. The first kappa shape index (κ1) is 19.6. The lowest BCUT2D eigenvalue weighted by Gasteiger charge is -2.09. The number of hydrogen-bond acceptors (Lipinski definition) is 5. The summed E-state index contributed by atoms with van der Waals surface area (Å²) >= 11 is 0. The molecule has 0 fully saturated rings. The van der Waals surface area contributed by atoms with Gasteiger partial charge in [-0.15, -0.1) is 12.4 Å². The highest BCUT2D eigenvalue weighted by Crippen LogP contribution is 2.26. The van der Waals surface area contributed by atoms with Gasteiger partial charge in [-0.05, 0) is 42.0 Å². The summed E-state index contributed by atoms with van der Waals surface area (Å²) in [7, 11) is 0. The quantitative estimate of drug-likeness (QED) is 0.440. The average molecular weight is 402 g/mol. The van der Waals surface area contributed by atoms with Crippen LogP contribution in [0.15, 0.2) is 69.9 Å². The van der Waals surface area contributed by atoms with E-state index in [-0.39, 0.29) is 24.4 Å². The minimum absolute atomic E-state index is 0. The largest absolute Gasteiger partial charge is 0.491 e. The first-order valence-corrected chi connectivity index (χ1v) is 8.46. The highest BCUT2D eigenvalue weighted by atomic mass is 35.5. The van der Waals surface area contributed by atoms with Gasteiger partial charge < -0.3 is 13.9 Å². The highest BCUT2D eigenvalue weighted by molar-refractivity contribution is 5.85. The Hall–Kier alpha value is -3.12. The molecule has 0 N–H and O–H groups in total. The lowest BCUT2D eigenvalue weighted by atomic mass is 10.2. The number of hydrogen-bond donors (Lipinski definition) is 0. The van der Waals surface area contributed by atoms with Crippen LogP contribution in [-0.4, -0.2) is 18.3 Å². The van der Waals surface area contributed by atoms with Crippen molar-refractivity contribution in [3.63, 3.8) is 0 Å². The van der Waals surface area contributed by atoms with Gasteiger partial charge in [-0.1, -0.05) is 12.1 Å². The first-order valence-electron chi connectivity index (χ1n) is 8.46. The maximum atomic E-state index is 12.1. The monoisotopic (exact) mass is 401 g/mol. The number of halogens is 2. The van der Waals surface area contributed by atoms with Crippen LogP contribution >= 0.6 is 12.4 Å². The predicted molar refractivity (Wildman–Crippen MR) is 106 cm³/mol. The zero-order valence-electron chi connectivity index (χ0n) is 14.8. The molecule has 1 aliphatic carbocycles. The molecule has 2 aromatic carbocycles. The van der Waals surface area contributed by atoms with Gasteiger partial charge in [0.1, 0.15) is 42.6 Å². The molecule has 2 aliphatic rings. The Balaban J connectivity index is 0.00000225. The minimum Gasteiger partial charge on any atom is -0.491 e. The van der Waals surface area contributed by atoms with Crippen molar-refractivity contribution in [3.05, 3.63) is 76.5 Å². The molecule has 0 radical (unpaired) electrons. The van der Waals surface area contributed by atoms with Crippen LogP contribution in [0.5, 0.6) is 11.5 Å². The van der Waals surface area contributed by atoms with Crippen LogP contribution in [0.1, 0.15) is 5.56 Å². The highest BCUT2D eigenvalue weighted by Gasteiger charge is 2.10. The van der Waals surface area contributed by atoms with E-state index in [2.05, 4.69) is 4.98 Å². The zero-order chi connectivity index (χ0) is 18.6. The van der Waals surface area contributed by atoms with E-state index >= 15 is 0 Å². The maximum absolute atomic E-state index is 12.1. The van der Waals surface area contributed by atoms with E-state index in [0.29, 0.717) is 40.7 Å². The van der Waals surface area contributed by atoms with Crippen molar-refractivity contribution in [2.75, 3.05) is 13.3 Å². The van der Waals surface area contributed by atoms with Crippen molar-refractivity contribution in [2.24, 2.45) is 0 Å². The smallest absolute Gasteiger partial charge is 0.182 e. The zero-order valence-corrected chi connectivity index (χ0v) is 15.6. The number of nitrogens with zero attached hydrogens (tertiary/aromatic N) is 1. The second kappa shape index (κ2) is 8.71. The van der Waals surface area contributed by atoms with Crippen molar-refractivity contribution in [2.45, 2.75) is 6.61 Å². The molecule has 0 bridgehead atoms. The predicted octanol–water partition coefficient (Wildman–Crippen LogP) is 4.64. The number of rotatable bonds is 6. The number of fused-ring (bicyclic) bond motifs is 2. The Labute approximate surface area is 166 Å². The van der Waals surface area contributed by atoms with E-state index in [0.717, 1.165) is 5.56 Å². The normalized spacial score (nSPS) is 10.6. The van der Waals surface area contributed by atoms with Crippen molar-refractivity contribution in [3.8, 4) is 23.0 Å². The van der Waals surface area contributed by atoms with Crippen LogP contribution in [0.2, 0.25) is 0 Å². The molecule has 0 amide bonds. The van der Waals surface area contributed by atoms with Gasteiger partial charge in [-0.3, -0.25) is 4.79 Å². The Morgan fingerprint density at radius 2 is 1.71 bits per heavy atom. The SMILES string of the molecule is Cl.O=c1ccc2nc3ccc(OCc4ccc(OCCF)cc4)cc3oc-2c1. The van der Waals surface area contributed by atoms with Crippen molar-refractivity contribution < 1.29 is 18.3 Å². The van der Waals surface area contributed by atoms with Crippen molar-refractivity contribution >= 4 is 23.5 Å². The van der Waals surface area contributed by atoms with Crippen LogP contribution < -0.4 is 14.9 Å². The molecule has 0 saturated carbocycles. The number of alkyl halides is 1. The van der Waals surface area contributed by atoms with E-state index < -0.39 is 6.67 Å². The van der Waals surface area contributed by atoms with Crippen LogP contribution in [0.3, 0.4) is 0 Å². The van der Waals surface area contributed by atoms with E-state index in [1.54, 1.807) is 24.3 Å². The topological polar surface area (TPSA) is 61.6 Å². The molecule has 0 unspecified atom stereocenters. The second-order valence-electron chi connectivity index (χ2n) is 5.94. The Morgan fingerprint density at radius 3 is 2.50 bits per heavy atom. The van der Waals surface area contributed by atoms with Gasteiger partial charge in [0, 0.05) is 12.1 Å². The molecule has 2 aromatic rings. The molecule has 0 saturated heterocycles. The fourth-order valence-corrected chi connectivity index (χ4v) is 2.68. The molecule has 0 aromatic heterocycles. The third kappa shape index (κ3) is 4.40. The molecule has 5 nitrogen and oxygen atoms in total. The third-order valence-corrected chi connectivity index (χ3v) is 4.00. The Morgan fingerprint density at radius 1 is 0.929 bits per heavy atom. The summed E-state index contributed by atoms with van der Waals surface area (Å²) in [4.78, 5) is 16.0. The average Bonchev–Trinajstić information content (AvgIpc) is 2.70. The summed E-state index contributed by atoms with van der Waals surface area (Å²) in [5.41, 5.74) is 2.68. The molecule has 1 heterocycles. The third-order valence-electron chi connectivity index (χ3n) is 4.00. The van der Waals surface area contributed by atoms with Gasteiger partial charge in [0.15, 0.2) is 16.8 Å². The van der Waals surface area contributed by atoms with E-state index in [4.69, 9.17) is 13.9 Å². The van der Waals surface area contributed by atoms with Crippen LogP contribution in [-0.2, 0) is 6.61 Å². The lowest BCUT2D eigenvalue weighted by molar-refractivity contribution is 0.272. The number of aromatic nitrogens is 1. The summed E-state index contributed by atoms with van der Waals surface area (Å²) in [6, 6.07) is 17.2. The molecule has 28 heavy (non-hydrogen) atoms. The molecule has 4 rings (SSSR count). The van der Waals surface area contributed by atoms with Crippen molar-refractivity contribution in [1.82, 2.24) is 4.98 Å². The van der Waals surface area contributed by atoms with E-state index in [9.17, 15) is 9.18 Å². The fraction of sp³-hybridized carbons (Fsp3) is 0.143. The molecular formula is C21H17ClFNO4. The summed E-state index contributed by atoms with van der Waals surface area (Å²) in [6.45, 7) is -0.105. The van der Waals surface area contributed by atoms with Gasteiger partial charge in [0.2, 0.25) is 0 Å². The second-order valence-corrected chi connectivity index (χ2v) is 5.94. The molecule has 1 aliphatic heterocycles. The van der Waals surface area contributed by atoms with Gasteiger partial charge in [0.05, 0.1) is 0 Å². The summed E-state index contributed by atoms with van der Waals surface area (Å²) in [6.07, 6.45) is 0. The number of ether oxygens (including phenoxy) is 2. The molecule has 0 atom stereocenters. The fourth-order valence-electron chi connectivity index (χ4n) is 2.68. The van der Waals surface area contributed by atoms with Crippen molar-refractivity contribution in [1.29, 1.82) is 0 Å².